The van der Waals surface area contributed by atoms with Crippen molar-refractivity contribution in [3.05, 3.63) is 59.3 Å². The average molecular weight is 319 g/mol. The molecule has 0 radical (unpaired) electrons. The molecule has 0 saturated heterocycles. The molecule has 0 aliphatic rings. The lowest BCUT2D eigenvalue weighted by molar-refractivity contribution is 0.347. The molecule has 1 heterocycles. The number of fused-ring (bicyclic) bond motifs is 1. The summed E-state index contributed by atoms with van der Waals surface area (Å²) < 4.78 is 10.5. The number of benzene rings is 2. The monoisotopic (exact) mass is 319 g/mol. The predicted octanol–water partition coefficient (Wildman–Crippen LogP) is 3.61. The molecule has 0 amide bonds. The van der Waals surface area contributed by atoms with E-state index in [1.807, 2.05) is 49.4 Å². The Kier molecular flexibility index (Phi) is 4.30. The van der Waals surface area contributed by atoms with E-state index in [1.165, 1.54) is 14.2 Å². The van der Waals surface area contributed by atoms with Crippen LogP contribution in [0.2, 0.25) is 0 Å². The van der Waals surface area contributed by atoms with Crippen molar-refractivity contribution in [3.8, 4) is 18.0 Å². The molecular formula is C19H17N3O2. The van der Waals surface area contributed by atoms with Crippen LogP contribution in [0.15, 0.2) is 42.5 Å². The van der Waals surface area contributed by atoms with Gasteiger partial charge in [0, 0.05) is 5.56 Å². The van der Waals surface area contributed by atoms with Gasteiger partial charge in [0.1, 0.15) is 5.92 Å². The fourth-order valence-corrected chi connectivity index (χ4v) is 2.84. The van der Waals surface area contributed by atoms with Gasteiger partial charge in [0.15, 0.2) is 0 Å². The van der Waals surface area contributed by atoms with E-state index in [2.05, 4.69) is 16.0 Å². The van der Waals surface area contributed by atoms with E-state index >= 15 is 0 Å². The zero-order chi connectivity index (χ0) is 17.1. The maximum atomic E-state index is 9.85. The van der Waals surface area contributed by atoms with Crippen LogP contribution in [0.25, 0.3) is 10.8 Å². The lowest BCUT2D eigenvalue weighted by atomic mass is 9.90. The lowest BCUT2D eigenvalue weighted by Crippen LogP contribution is -2.09. The highest BCUT2D eigenvalue weighted by Gasteiger charge is 2.23. The van der Waals surface area contributed by atoms with Gasteiger partial charge >= 0.3 is 6.01 Å². The van der Waals surface area contributed by atoms with Crippen LogP contribution >= 0.6 is 0 Å². The molecule has 1 aromatic heterocycles. The summed E-state index contributed by atoms with van der Waals surface area (Å²) in [5.74, 6) is -0.126. The Labute approximate surface area is 140 Å². The van der Waals surface area contributed by atoms with Gasteiger partial charge in [-0.3, -0.25) is 0 Å². The minimum absolute atomic E-state index is 0.188. The highest BCUT2D eigenvalue weighted by Crippen LogP contribution is 2.34. The highest BCUT2D eigenvalue weighted by molar-refractivity contribution is 5.87. The molecule has 1 unspecified atom stereocenters. The van der Waals surface area contributed by atoms with Gasteiger partial charge in [-0.25, -0.2) is 0 Å². The van der Waals surface area contributed by atoms with Crippen LogP contribution in [0.3, 0.4) is 0 Å². The molecule has 0 aliphatic carbocycles. The fourth-order valence-electron chi connectivity index (χ4n) is 2.84. The third-order valence-corrected chi connectivity index (χ3v) is 4.03. The second kappa shape index (κ2) is 6.55. The summed E-state index contributed by atoms with van der Waals surface area (Å²) in [6.45, 7) is 1.85. The molecule has 0 N–H and O–H groups in total. The van der Waals surface area contributed by atoms with Gasteiger partial charge in [-0.2, -0.15) is 15.2 Å². The first-order valence-corrected chi connectivity index (χ1v) is 7.53. The first-order valence-electron chi connectivity index (χ1n) is 7.53. The molecule has 3 rings (SSSR count). The van der Waals surface area contributed by atoms with Crippen LogP contribution in [-0.2, 0) is 0 Å². The van der Waals surface area contributed by atoms with Crippen molar-refractivity contribution in [1.29, 1.82) is 5.26 Å². The zero-order valence-corrected chi connectivity index (χ0v) is 13.8. The SMILES string of the molecule is COc1nc(OC)c(C)c(C(C#N)c2cccc3ccccc23)n1. The van der Waals surface area contributed by atoms with Gasteiger partial charge in [-0.1, -0.05) is 42.5 Å². The first kappa shape index (κ1) is 15.8. The van der Waals surface area contributed by atoms with E-state index in [9.17, 15) is 5.26 Å². The van der Waals surface area contributed by atoms with E-state index in [1.54, 1.807) is 0 Å². The van der Waals surface area contributed by atoms with Crippen LogP contribution < -0.4 is 9.47 Å². The van der Waals surface area contributed by atoms with Crippen molar-refractivity contribution in [2.45, 2.75) is 12.8 Å². The van der Waals surface area contributed by atoms with Gasteiger partial charge in [-0.05, 0) is 23.3 Å². The van der Waals surface area contributed by atoms with Crippen molar-refractivity contribution in [2.24, 2.45) is 0 Å². The molecule has 120 valence electrons. The molecule has 0 bridgehead atoms. The van der Waals surface area contributed by atoms with Gasteiger partial charge in [0.2, 0.25) is 5.88 Å². The number of ether oxygens (including phenoxy) is 2. The maximum absolute atomic E-state index is 9.85. The van der Waals surface area contributed by atoms with E-state index < -0.39 is 5.92 Å². The summed E-state index contributed by atoms with van der Waals surface area (Å²) in [6, 6.07) is 16.5. The van der Waals surface area contributed by atoms with Crippen LogP contribution in [0.5, 0.6) is 11.9 Å². The maximum Gasteiger partial charge on any atom is 0.319 e. The first-order chi connectivity index (χ1) is 11.7. The predicted molar refractivity (Wildman–Crippen MR) is 91.3 cm³/mol. The summed E-state index contributed by atoms with van der Waals surface area (Å²) in [7, 11) is 3.03. The molecule has 5 nitrogen and oxygen atoms in total. The van der Waals surface area contributed by atoms with Crippen molar-refractivity contribution in [1.82, 2.24) is 9.97 Å². The Morgan fingerprint density at radius 1 is 1.00 bits per heavy atom. The van der Waals surface area contributed by atoms with Crippen LogP contribution in [0, 0.1) is 18.3 Å². The number of methoxy groups -OCH3 is 2. The van der Waals surface area contributed by atoms with Crippen LogP contribution in [0.1, 0.15) is 22.7 Å². The molecule has 0 fully saturated rings. The van der Waals surface area contributed by atoms with Crippen molar-refractivity contribution < 1.29 is 9.47 Å². The van der Waals surface area contributed by atoms with Crippen molar-refractivity contribution >= 4 is 10.8 Å². The normalized spacial score (nSPS) is 11.8. The third-order valence-electron chi connectivity index (χ3n) is 4.03. The standard InChI is InChI=1S/C19H17N3O2/c1-12-17(21-19(24-3)22-18(12)23-2)16(11-20)15-10-6-8-13-7-4-5-9-14(13)15/h4-10,16H,1-3H3. The summed E-state index contributed by atoms with van der Waals surface area (Å²) >= 11 is 0. The molecule has 3 aromatic rings. The van der Waals surface area contributed by atoms with E-state index in [0.29, 0.717) is 11.6 Å². The smallest absolute Gasteiger partial charge is 0.319 e. The highest BCUT2D eigenvalue weighted by atomic mass is 16.5. The molecule has 0 saturated carbocycles. The van der Waals surface area contributed by atoms with E-state index in [4.69, 9.17) is 9.47 Å². The van der Waals surface area contributed by atoms with Gasteiger partial charge in [0.05, 0.1) is 26.0 Å². The number of hydrogen-bond acceptors (Lipinski definition) is 5. The molecule has 1 atom stereocenters. The number of aromatic nitrogens is 2. The Hall–Kier alpha value is -3.13. The van der Waals surface area contributed by atoms with Gasteiger partial charge < -0.3 is 9.47 Å². The molecule has 0 aliphatic heterocycles. The second-order valence-electron chi connectivity index (χ2n) is 5.36. The number of nitrogens with zero attached hydrogens (tertiary/aromatic N) is 3. The molecule has 24 heavy (non-hydrogen) atoms. The van der Waals surface area contributed by atoms with E-state index in [-0.39, 0.29) is 6.01 Å². The fraction of sp³-hybridized carbons (Fsp3) is 0.211. The minimum Gasteiger partial charge on any atom is -0.481 e. The molecule has 5 heteroatoms. The number of hydrogen-bond donors (Lipinski definition) is 0. The largest absolute Gasteiger partial charge is 0.481 e. The average Bonchev–Trinajstić information content (AvgIpc) is 2.63. The topological polar surface area (TPSA) is 68.0 Å². The Balaban J connectivity index is 2.25. The van der Waals surface area contributed by atoms with Crippen LogP contribution in [0.4, 0.5) is 0 Å². The zero-order valence-electron chi connectivity index (χ0n) is 13.8. The third kappa shape index (κ3) is 2.63. The summed E-state index contributed by atoms with van der Waals surface area (Å²) in [4.78, 5) is 8.60. The minimum atomic E-state index is -0.540. The molecule has 2 aromatic carbocycles. The number of nitriles is 1. The lowest BCUT2D eigenvalue weighted by Gasteiger charge is -2.16. The van der Waals surface area contributed by atoms with Gasteiger partial charge in [0.25, 0.3) is 0 Å². The Morgan fingerprint density at radius 2 is 1.75 bits per heavy atom. The van der Waals surface area contributed by atoms with Crippen LogP contribution in [-0.4, -0.2) is 24.2 Å². The molecule has 0 spiro atoms. The van der Waals surface area contributed by atoms with Crippen molar-refractivity contribution in [3.63, 3.8) is 0 Å². The second-order valence-corrected chi connectivity index (χ2v) is 5.36. The quantitative estimate of drug-likeness (QED) is 0.735. The Morgan fingerprint density at radius 3 is 2.46 bits per heavy atom. The summed E-state index contributed by atoms with van der Waals surface area (Å²) in [5, 5.41) is 12.0. The Bertz CT molecular complexity index is 926. The molecular weight excluding hydrogens is 302 g/mol. The number of rotatable bonds is 4. The summed E-state index contributed by atoms with van der Waals surface area (Å²) in [6.07, 6.45) is 0. The van der Waals surface area contributed by atoms with E-state index in [0.717, 1.165) is 21.9 Å². The van der Waals surface area contributed by atoms with Crippen molar-refractivity contribution in [2.75, 3.05) is 14.2 Å². The summed E-state index contributed by atoms with van der Waals surface area (Å²) in [5.41, 5.74) is 2.23. The van der Waals surface area contributed by atoms with Gasteiger partial charge in [-0.15, -0.1) is 0 Å².